The Morgan fingerprint density at radius 1 is 0.481 bits per heavy atom. The van der Waals surface area contributed by atoms with Gasteiger partial charge in [-0.2, -0.15) is 0 Å². The van der Waals surface area contributed by atoms with Gasteiger partial charge in [-0.15, -0.1) is 0 Å². The Hall–Kier alpha value is -7.26. The molecule has 3 N–H and O–H groups in total. The molecular formula is C45H36N7O2+3. The minimum Gasteiger partial charge on any atom is -0.478 e. The first-order chi connectivity index (χ1) is 26.3. The quantitative estimate of drug-likeness (QED) is 0.161. The number of aromatic carboxylic acids is 1. The highest BCUT2D eigenvalue weighted by Crippen LogP contribution is 2.38. The molecule has 9 rings (SSSR count). The summed E-state index contributed by atoms with van der Waals surface area (Å²) in [4.78, 5) is 30.3. The van der Waals surface area contributed by atoms with Crippen molar-refractivity contribution in [2.24, 2.45) is 21.1 Å². The smallest absolute Gasteiger partial charge is 0.335 e. The van der Waals surface area contributed by atoms with Crippen molar-refractivity contribution in [2.75, 3.05) is 0 Å². The molecule has 7 aromatic rings. The van der Waals surface area contributed by atoms with Crippen LogP contribution in [0.3, 0.4) is 0 Å². The monoisotopic (exact) mass is 706 g/mol. The second-order valence-corrected chi connectivity index (χ2v) is 13.6. The first-order valence-electron chi connectivity index (χ1n) is 17.7. The van der Waals surface area contributed by atoms with Gasteiger partial charge in [-0.25, -0.2) is 28.5 Å². The van der Waals surface area contributed by atoms with Crippen molar-refractivity contribution in [3.05, 3.63) is 150 Å². The van der Waals surface area contributed by atoms with Gasteiger partial charge in [0.05, 0.1) is 28.3 Å². The maximum Gasteiger partial charge on any atom is 0.335 e. The van der Waals surface area contributed by atoms with Crippen LogP contribution in [0.5, 0.6) is 0 Å². The van der Waals surface area contributed by atoms with Gasteiger partial charge in [0.25, 0.3) is 0 Å². The number of carboxylic acid groups (broad SMARTS) is 1. The molecule has 2 aliphatic rings. The Balaban J connectivity index is 1.47. The van der Waals surface area contributed by atoms with Gasteiger partial charge >= 0.3 is 5.97 Å². The van der Waals surface area contributed by atoms with Crippen molar-refractivity contribution in [2.45, 2.75) is 0 Å². The largest absolute Gasteiger partial charge is 0.478 e. The standard InChI is InChI=1S/C45H33N7O2/c1-50-21-15-28(16-22-50)41-33-7-9-35(46-33)42(29-17-23-51(2)24-18-29)37-11-13-39(48-37)44(31-5-4-6-32(27-31)45(53)54)40-14-12-38(49-40)43(36-10-8-34(41)47-36)30-19-25-52(3)26-20-30/h4-27H,1-3H3/p+3. The number of benzene rings is 1. The fourth-order valence-electron chi connectivity index (χ4n) is 7.23. The highest BCUT2D eigenvalue weighted by molar-refractivity contribution is 6.01. The van der Waals surface area contributed by atoms with Crippen molar-refractivity contribution in [3.63, 3.8) is 0 Å². The van der Waals surface area contributed by atoms with Gasteiger partial charge in [0.2, 0.25) is 0 Å². The molecule has 0 saturated heterocycles. The van der Waals surface area contributed by atoms with E-state index in [4.69, 9.17) is 9.97 Å². The molecule has 0 amide bonds. The molecule has 0 saturated carbocycles. The number of hydrogen-bond acceptors (Lipinski definition) is 3. The molecule has 0 radical (unpaired) electrons. The van der Waals surface area contributed by atoms with Crippen LogP contribution in [-0.4, -0.2) is 31.0 Å². The lowest BCUT2D eigenvalue weighted by Crippen LogP contribution is -2.25. The number of nitrogens with zero attached hydrogens (tertiary/aromatic N) is 5. The van der Waals surface area contributed by atoms with Gasteiger partial charge in [0.1, 0.15) is 21.1 Å². The maximum atomic E-state index is 12.2. The Labute approximate surface area is 311 Å². The van der Waals surface area contributed by atoms with Gasteiger partial charge < -0.3 is 15.1 Å². The fourth-order valence-corrected chi connectivity index (χ4v) is 7.23. The topological polar surface area (TPSA) is 106 Å². The minimum atomic E-state index is -0.984. The molecule has 9 heteroatoms. The molecule has 2 aliphatic heterocycles. The van der Waals surface area contributed by atoms with Crippen LogP contribution in [0.4, 0.5) is 0 Å². The molecule has 9 nitrogen and oxygen atoms in total. The third kappa shape index (κ3) is 5.87. The van der Waals surface area contributed by atoms with E-state index < -0.39 is 5.97 Å². The molecule has 6 aromatic heterocycles. The Bertz CT molecular complexity index is 2720. The van der Waals surface area contributed by atoms with Gasteiger partial charge in [0, 0.05) is 80.7 Å². The molecule has 260 valence electrons. The van der Waals surface area contributed by atoms with Crippen molar-refractivity contribution in [1.82, 2.24) is 19.9 Å². The van der Waals surface area contributed by atoms with Crippen LogP contribution in [0.1, 0.15) is 33.1 Å². The Morgan fingerprint density at radius 2 is 0.852 bits per heavy atom. The lowest BCUT2D eigenvalue weighted by molar-refractivity contribution is -0.671. The average molecular weight is 707 g/mol. The molecule has 0 spiro atoms. The molecule has 8 bridgehead atoms. The summed E-state index contributed by atoms with van der Waals surface area (Å²) in [6.07, 6.45) is 20.5. The number of aromatic amines is 2. The first kappa shape index (κ1) is 32.6. The number of aromatic nitrogens is 7. The highest BCUT2D eigenvalue weighted by Gasteiger charge is 2.20. The zero-order chi connectivity index (χ0) is 36.9. The molecule has 1 aromatic carbocycles. The van der Waals surface area contributed by atoms with Crippen molar-refractivity contribution in [3.8, 4) is 44.5 Å². The van der Waals surface area contributed by atoms with E-state index in [2.05, 4.69) is 94.9 Å². The zero-order valence-corrected chi connectivity index (χ0v) is 29.9. The summed E-state index contributed by atoms with van der Waals surface area (Å²) < 4.78 is 6.04. The van der Waals surface area contributed by atoms with E-state index >= 15 is 0 Å². The molecule has 0 unspecified atom stereocenters. The third-order valence-electron chi connectivity index (χ3n) is 9.95. The predicted octanol–water partition coefficient (Wildman–Crippen LogP) is 7.50. The fraction of sp³-hybridized carbons (Fsp3) is 0.0667. The molecule has 0 atom stereocenters. The summed E-state index contributed by atoms with van der Waals surface area (Å²) in [6, 6.07) is 27.9. The molecular weight excluding hydrogens is 671 g/mol. The number of H-pyrrole nitrogens is 2. The number of aryl methyl sites for hydroxylation is 3. The summed E-state index contributed by atoms with van der Waals surface area (Å²) in [7, 11) is 6.01. The summed E-state index contributed by atoms with van der Waals surface area (Å²) in [5.74, 6) is -0.984. The van der Waals surface area contributed by atoms with Crippen LogP contribution in [0.25, 0.3) is 90.9 Å². The van der Waals surface area contributed by atoms with Crippen molar-refractivity contribution in [1.29, 1.82) is 0 Å². The Kier molecular flexibility index (Phi) is 7.89. The van der Waals surface area contributed by atoms with E-state index in [-0.39, 0.29) is 5.56 Å². The number of carboxylic acids is 1. The SMILES string of the molecule is C[n+]1ccc(-c2c3nc(c(-c4cc[n+](C)cc4)c4ccc([nH]4)c(-c4cccc(C(=O)O)c4)c4ccc([nH]4)c(-c4cc[n+](C)cc4)c4nc2C=C4)C=C3)cc1. The Morgan fingerprint density at radius 3 is 1.26 bits per heavy atom. The number of fused-ring (bicyclic) bond motifs is 8. The van der Waals surface area contributed by atoms with Crippen LogP contribution < -0.4 is 13.7 Å². The van der Waals surface area contributed by atoms with Crippen LogP contribution in [0.2, 0.25) is 0 Å². The number of pyridine rings is 3. The van der Waals surface area contributed by atoms with Gasteiger partial charge in [-0.05, 0) is 83.0 Å². The summed E-state index contributed by atoms with van der Waals surface area (Å²) in [6.45, 7) is 0. The molecule has 0 aliphatic carbocycles. The predicted molar refractivity (Wildman–Crippen MR) is 211 cm³/mol. The zero-order valence-electron chi connectivity index (χ0n) is 29.9. The lowest BCUT2D eigenvalue weighted by Gasteiger charge is -2.07. The van der Waals surface area contributed by atoms with E-state index in [0.29, 0.717) is 0 Å². The number of rotatable bonds is 5. The van der Waals surface area contributed by atoms with Crippen LogP contribution in [0, 0.1) is 0 Å². The first-order valence-corrected chi connectivity index (χ1v) is 17.7. The maximum absolute atomic E-state index is 12.2. The molecule has 8 heterocycles. The van der Waals surface area contributed by atoms with Crippen LogP contribution >= 0.6 is 0 Å². The number of hydrogen-bond donors (Lipinski definition) is 3. The van der Waals surface area contributed by atoms with E-state index in [1.54, 1.807) is 18.2 Å². The van der Waals surface area contributed by atoms with Gasteiger partial charge in [-0.1, -0.05) is 12.1 Å². The second kappa shape index (κ2) is 13.1. The van der Waals surface area contributed by atoms with E-state index in [1.165, 1.54) is 0 Å². The summed E-state index contributed by atoms with van der Waals surface area (Å²) >= 11 is 0. The van der Waals surface area contributed by atoms with Crippen molar-refractivity contribution < 1.29 is 23.6 Å². The van der Waals surface area contributed by atoms with Crippen LogP contribution in [0.15, 0.2) is 122 Å². The summed E-state index contributed by atoms with van der Waals surface area (Å²) in [5, 5.41) is 9.97. The number of carbonyl (C=O) groups is 1. The minimum absolute atomic E-state index is 0.209. The lowest BCUT2D eigenvalue weighted by atomic mass is 10.0. The normalized spacial score (nSPS) is 12.0. The third-order valence-corrected chi connectivity index (χ3v) is 9.95. The summed E-state index contributed by atoms with van der Waals surface area (Å²) in [5.41, 5.74) is 14.3. The average Bonchev–Trinajstić information content (AvgIpc) is 4.02. The van der Waals surface area contributed by atoms with Crippen LogP contribution in [-0.2, 0) is 21.1 Å². The number of nitrogens with one attached hydrogen (secondary N) is 2. The molecule has 0 fully saturated rings. The van der Waals surface area contributed by atoms with E-state index in [0.717, 1.165) is 89.4 Å². The van der Waals surface area contributed by atoms with Gasteiger partial charge in [0.15, 0.2) is 37.2 Å². The van der Waals surface area contributed by atoms with E-state index in [9.17, 15) is 9.90 Å². The van der Waals surface area contributed by atoms with Gasteiger partial charge in [-0.3, -0.25) is 0 Å². The highest BCUT2D eigenvalue weighted by atomic mass is 16.4. The van der Waals surface area contributed by atoms with Crippen molar-refractivity contribution >= 4 is 52.3 Å². The molecule has 54 heavy (non-hydrogen) atoms. The van der Waals surface area contributed by atoms with E-state index in [1.807, 2.05) is 78.1 Å². The second-order valence-electron chi connectivity index (χ2n) is 13.6.